The predicted molar refractivity (Wildman–Crippen MR) is 52.4 cm³/mol. The summed E-state index contributed by atoms with van der Waals surface area (Å²) in [5, 5.41) is 8.95. The summed E-state index contributed by atoms with van der Waals surface area (Å²) in [5.74, 6) is 0.883. The van der Waals surface area contributed by atoms with Gasteiger partial charge in [-0.3, -0.25) is 4.79 Å². The highest BCUT2D eigenvalue weighted by molar-refractivity contribution is 5.98. The van der Waals surface area contributed by atoms with Gasteiger partial charge in [0.1, 0.15) is 0 Å². The fraction of sp³-hybridized carbons (Fsp3) is 0.727. The summed E-state index contributed by atoms with van der Waals surface area (Å²) in [6.45, 7) is 6.12. The van der Waals surface area contributed by atoms with E-state index in [1.165, 1.54) is 0 Å². The van der Waals surface area contributed by atoms with Crippen LogP contribution >= 0.6 is 0 Å². The highest BCUT2D eigenvalue weighted by atomic mass is 16.2. The maximum absolute atomic E-state index is 11.8. The maximum Gasteiger partial charge on any atom is 0.165 e. The molecule has 1 saturated carbocycles. The summed E-state index contributed by atoms with van der Waals surface area (Å²) in [4.78, 5) is 11.8. The van der Waals surface area contributed by atoms with E-state index >= 15 is 0 Å². The first kappa shape index (κ1) is 10.3. The topological polar surface area (TPSA) is 37.3 Å². The van der Waals surface area contributed by atoms with Crippen LogP contribution in [0.1, 0.15) is 33.6 Å². The number of ketones is 1. The van der Waals surface area contributed by atoms with E-state index in [1.807, 2.05) is 6.92 Å². The monoisotopic (exact) mass is 182 g/mol. The van der Waals surface area contributed by atoms with E-state index in [1.54, 1.807) is 0 Å². The average Bonchev–Trinajstić information content (AvgIpc) is 2.04. The highest BCUT2D eigenvalue weighted by Gasteiger charge is 2.32. The minimum atomic E-state index is 0.120. The van der Waals surface area contributed by atoms with Crippen molar-refractivity contribution in [3.8, 4) is 0 Å². The fourth-order valence-electron chi connectivity index (χ4n) is 2.00. The van der Waals surface area contributed by atoms with Gasteiger partial charge in [0.15, 0.2) is 5.78 Å². The second-order valence-corrected chi connectivity index (χ2v) is 4.28. The lowest BCUT2D eigenvalue weighted by atomic mass is 9.74. The molecule has 0 bridgehead atoms. The number of allylic oxidation sites excluding steroid dienone is 1. The van der Waals surface area contributed by atoms with Gasteiger partial charge in [0.25, 0.3) is 0 Å². The number of rotatable bonds is 1. The number of aliphatic hydroxyl groups is 1. The zero-order valence-corrected chi connectivity index (χ0v) is 8.58. The minimum Gasteiger partial charge on any atom is -0.515 e. The van der Waals surface area contributed by atoms with Gasteiger partial charge in [0, 0.05) is 11.5 Å². The van der Waals surface area contributed by atoms with Crippen molar-refractivity contribution in [3.05, 3.63) is 11.8 Å². The molecule has 0 saturated heterocycles. The molecule has 0 aliphatic heterocycles. The number of aliphatic hydroxyl groups excluding tert-OH is 1. The highest BCUT2D eigenvalue weighted by Crippen LogP contribution is 2.33. The van der Waals surface area contributed by atoms with Gasteiger partial charge in [-0.25, -0.2) is 0 Å². The van der Waals surface area contributed by atoms with Crippen LogP contribution in [0.3, 0.4) is 0 Å². The van der Waals surface area contributed by atoms with Gasteiger partial charge in [-0.05, 0) is 24.7 Å². The van der Waals surface area contributed by atoms with Crippen LogP contribution in [0.25, 0.3) is 0 Å². The molecule has 1 rings (SSSR count). The summed E-state index contributed by atoms with van der Waals surface area (Å²) in [6, 6.07) is 0. The van der Waals surface area contributed by atoms with Crippen LogP contribution in [0, 0.1) is 17.8 Å². The van der Waals surface area contributed by atoms with E-state index in [0.29, 0.717) is 11.5 Å². The molecule has 1 fully saturated rings. The van der Waals surface area contributed by atoms with Crippen molar-refractivity contribution in [2.24, 2.45) is 17.8 Å². The van der Waals surface area contributed by atoms with E-state index < -0.39 is 0 Å². The second kappa shape index (κ2) is 3.95. The van der Waals surface area contributed by atoms with Crippen LogP contribution in [-0.4, -0.2) is 10.9 Å². The molecule has 13 heavy (non-hydrogen) atoms. The van der Waals surface area contributed by atoms with Crippen molar-refractivity contribution >= 4 is 5.78 Å². The normalized spacial score (nSPS) is 32.9. The van der Waals surface area contributed by atoms with Gasteiger partial charge >= 0.3 is 0 Å². The molecule has 0 radical (unpaired) electrons. The quantitative estimate of drug-likeness (QED) is 0.500. The number of carbonyl (C=O) groups excluding carboxylic acids is 1. The number of Topliss-reactive ketones (excluding diaryl/α,β-unsaturated/α-hetero) is 1. The molecule has 1 N–H and O–H groups in total. The predicted octanol–water partition coefficient (Wildman–Crippen LogP) is 2.70. The molecule has 2 heteroatoms. The number of hydrogen-bond donors (Lipinski definition) is 1. The molecule has 74 valence electrons. The summed E-state index contributed by atoms with van der Waals surface area (Å²) < 4.78 is 0. The molecule has 0 aromatic heterocycles. The molecule has 0 aromatic carbocycles. The molecule has 0 amide bonds. The molecule has 0 aromatic rings. The Balaban J connectivity index is 2.82. The zero-order valence-electron chi connectivity index (χ0n) is 8.58. The van der Waals surface area contributed by atoms with E-state index in [4.69, 9.17) is 5.11 Å². The molecule has 2 nitrogen and oxygen atoms in total. The molecular weight excluding hydrogens is 164 g/mol. The van der Waals surface area contributed by atoms with Gasteiger partial charge in [-0.1, -0.05) is 20.8 Å². The lowest BCUT2D eigenvalue weighted by Crippen LogP contribution is -2.30. The largest absolute Gasteiger partial charge is 0.515 e. The maximum atomic E-state index is 11.8. The average molecular weight is 182 g/mol. The van der Waals surface area contributed by atoms with Crippen LogP contribution in [0.2, 0.25) is 0 Å². The smallest absolute Gasteiger partial charge is 0.165 e. The summed E-state index contributed by atoms with van der Waals surface area (Å²) in [5.41, 5.74) is 0.616. The molecule has 0 unspecified atom stereocenters. The van der Waals surface area contributed by atoms with Gasteiger partial charge in [0.05, 0.1) is 6.26 Å². The lowest BCUT2D eigenvalue weighted by molar-refractivity contribution is -0.122. The van der Waals surface area contributed by atoms with Gasteiger partial charge in [0.2, 0.25) is 0 Å². The van der Waals surface area contributed by atoms with Crippen molar-refractivity contribution in [2.45, 2.75) is 33.6 Å². The van der Waals surface area contributed by atoms with Crippen molar-refractivity contribution < 1.29 is 9.90 Å². The minimum absolute atomic E-state index is 0.120. The van der Waals surface area contributed by atoms with E-state index in [9.17, 15) is 4.79 Å². The standard InChI is InChI=1S/C11H18O2/c1-7(2)9-5-4-8(3)10(6-12)11(9)13/h6-9,12H,4-5H2,1-3H3/b10-6-/t8-,9+/m0/s1. The molecule has 1 aliphatic rings. The molecule has 0 spiro atoms. The van der Waals surface area contributed by atoms with E-state index in [2.05, 4.69) is 13.8 Å². The summed E-state index contributed by atoms with van der Waals surface area (Å²) in [6.07, 6.45) is 2.98. The van der Waals surface area contributed by atoms with Crippen molar-refractivity contribution in [1.29, 1.82) is 0 Å². The van der Waals surface area contributed by atoms with Gasteiger partial charge in [-0.15, -0.1) is 0 Å². The van der Waals surface area contributed by atoms with Crippen molar-refractivity contribution in [2.75, 3.05) is 0 Å². The Morgan fingerprint density at radius 2 is 2.08 bits per heavy atom. The Kier molecular flexibility index (Phi) is 3.12. The first-order valence-corrected chi connectivity index (χ1v) is 4.96. The third kappa shape index (κ3) is 1.93. The Bertz CT molecular complexity index is 228. The fourth-order valence-corrected chi connectivity index (χ4v) is 2.00. The molecule has 1 aliphatic carbocycles. The Hall–Kier alpha value is -0.790. The second-order valence-electron chi connectivity index (χ2n) is 4.28. The first-order chi connectivity index (χ1) is 6.07. The SMILES string of the molecule is CC(C)[C@H]1CC[C@H](C)/C(=C/O)C1=O. The third-order valence-electron chi connectivity index (χ3n) is 3.01. The number of carbonyl (C=O) groups is 1. The molecule has 0 heterocycles. The molecule has 2 atom stereocenters. The van der Waals surface area contributed by atoms with Crippen LogP contribution in [-0.2, 0) is 4.79 Å². The van der Waals surface area contributed by atoms with Crippen molar-refractivity contribution in [1.82, 2.24) is 0 Å². The number of hydrogen-bond acceptors (Lipinski definition) is 2. The van der Waals surface area contributed by atoms with Crippen LogP contribution in [0.15, 0.2) is 11.8 Å². The Morgan fingerprint density at radius 3 is 2.54 bits per heavy atom. The van der Waals surface area contributed by atoms with E-state index in [-0.39, 0.29) is 17.6 Å². The van der Waals surface area contributed by atoms with Crippen LogP contribution in [0.4, 0.5) is 0 Å². The van der Waals surface area contributed by atoms with Crippen LogP contribution < -0.4 is 0 Å². The summed E-state index contributed by atoms with van der Waals surface area (Å²) >= 11 is 0. The zero-order chi connectivity index (χ0) is 10.0. The van der Waals surface area contributed by atoms with Crippen LogP contribution in [0.5, 0.6) is 0 Å². The van der Waals surface area contributed by atoms with Crippen molar-refractivity contribution in [3.63, 3.8) is 0 Å². The Labute approximate surface area is 79.6 Å². The summed E-state index contributed by atoms with van der Waals surface area (Å²) in [7, 11) is 0. The van der Waals surface area contributed by atoms with Gasteiger partial charge < -0.3 is 5.11 Å². The molecular formula is C11H18O2. The van der Waals surface area contributed by atoms with E-state index in [0.717, 1.165) is 19.1 Å². The Morgan fingerprint density at radius 1 is 1.46 bits per heavy atom. The first-order valence-electron chi connectivity index (χ1n) is 4.96. The van der Waals surface area contributed by atoms with Gasteiger partial charge in [-0.2, -0.15) is 0 Å². The third-order valence-corrected chi connectivity index (χ3v) is 3.01. The lowest BCUT2D eigenvalue weighted by Gasteiger charge is -2.29.